The van der Waals surface area contributed by atoms with Crippen molar-refractivity contribution in [3.63, 3.8) is 0 Å². The van der Waals surface area contributed by atoms with Gasteiger partial charge in [-0.2, -0.15) is 0 Å². The van der Waals surface area contributed by atoms with Gasteiger partial charge in [-0.3, -0.25) is 9.59 Å². The molecule has 0 unspecified atom stereocenters. The van der Waals surface area contributed by atoms with Crippen LogP contribution < -0.4 is 0 Å². The second-order valence-corrected chi connectivity index (χ2v) is 5.42. The largest absolute Gasteiger partial charge is 0.479 e. The van der Waals surface area contributed by atoms with Gasteiger partial charge >= 0.3 is 35.8 Å². The van der Waals surface area contributed by atoms with Gasteiger partial charge < -0.3 is 39.7 Å². The number of hydrogen-bond acceptors (Lipinski definition) is 11. The molecule has 4 atom stereocenters. The number of cyclic esters (lactones) is 2. The Morgan fingerprint density at radius 1 is 0.889 bits per heavy atom. The maximum atomic E-state index is 11.0. The van der Waals surface area contributed by atoms with Crippen LogP contribution in [0.15, 0.2) is 0 Å². The molecular weight excluding hydrogens is 380 g/mol. The van der Waals surface area contributed by atoms with Crippen LogP contribution in [0.1, 0.15) is 12.8 Å². The zero-order chi connectivity index (χ0) is 21.2. The van der Waals surface area contributed by atoms with E-state index in [1.54, 1.807) is 0 Å². The van der Waals surface area contributed by atoms with Crippen LogP contribution >= 0.6 is 0 Å². The molecule has 2 saturated heterocycles. The van der Waals surface area contributed by atoms with E-state index in [1.807, 2.05) is 0 Å². The second kappa shape index (κ2) is 7.55. The van der Waals surface area contributed by atoms with Gasteiger partial charge in [-0.15, -0.1) is 0 Å². The van der Waals surface area contributed by atoms with Crippen molar-refractivity contribution in [3.8, 4) is 0 Å². The summed E-state index contributed by atoms with van der Waals surface area (Å²) in [4.78, 5) is 63.7. The molecule has 0 radical (unpaired) electrons. The Morgan fingerprint density at radius 3 is 1.56 bits per heavy atom. The highest BCUT2D eigenvalue weighted by atomic mass is 16.6. The number of carbonyl (C=O) groups is 6. The second-order valence-electron chi connectivity index (χ2n) is 5.42. The van der Waals surface area contributed by atoms with E-state index < -0.39 is 72.1 Å². The smallest absolute Gasteiger partial charge is 0.348 e. The third-order valence-electron chi connectivity index (χ3n) is 3.55. The van der Waals surface area contributed by atoms with Gasteiger partial charge in [-0.05, 0) is 0 Å². The lowest BCUT2D eigenvalue weighted by Crippen LogP contribution is -2.50. The van der Waals surface area contributed by atoms with Crippen molar-refractivity contribution in [2.45, 2.75) is 36.3 Å². The van der Waals surface area contributed by atoms with E-state index in [2.05, 4.69) is 14.2 Å². The van der Waals surface area contributed by atoms with Crippen LogP contribution in [0.5, 0.6) is 0 Å². The standard InChI is InChI=1S/C7H8O7.C6H6O7/c1-13-6(11)7(12)2-3(8)14-4(7)5(9)10;7-2-1-6(12,5(10)11)3(13-2)4(8)9/h4,12H,2H2,1H3,(H,9,10);3,12H,1H2,(H,8,9)(H,10,11)/t4-,7-;3-,6-/m11/s1. The fourth-order valence-corrected chi connectivity index (χ4v) is 2.22. The Kier molecular flexibility index (Phi) is 6.09. The Hall–Kier alpha value is -3.26. The average Bonchev–Trinajstić information content (AvgIpc) is 3.04. The number of carboxylic acids is 3. The van der Waals surface area contributed by atoms with Gasteiger partial charge in [0.2, 0.25) is 23.4 Å². The lowest BCUT2D eigenvalue weighted by Gasteiger charge is -2.20. The number of carbonyl (C=O) groups excluding carboxylic acids is 3. The molecule has 150 valence electrons. The van der Waals surface area contributed by atoms with Crippen LogP contribution in [-0.2, 0) is 43.0 Å². The fraction of sp³-hybridized carbons (Fsp3) is 0.538. The Labute approximate surface area is 148 Å². The van der Waals surface area contributed by atoms with Gasteiger partial charge in [0.25, 0.3) is 0 Å². The SMILES string of the molecule is COC(=O)[C@@]1(O)CC(=O)O[C@@H]1C(=O)O.O=C1C[C@](O)(C(=O)O)[C@@H](C(=O)O)O1. The van der Waals surface area contributed by atoms with Crippen molar-refractivity contribution < 1.29 is 68.5 Å². The lowest BCUT2D eigenvalue weighted by atomic mass is 9.96. The van der Waals surface area contributed by atoms with Gasteiger partial charge in [0, 0.05) is 0 Å². The van der Waals surface area contributed by atoms with Gasteiger partial charge in [0.1, 0.15) is 0 Å². The molecule has 2 rings (SSSR count). The predicted molar refractivity (Wildman–Crippen MR) is 73.8 cm³/mol. The monoisotopic (exact) mass is 394 g/mol. The molecule has 0 saturated carbocycles. The summed E-state index contributed by atoms with van der Waals surface area (Å²) in [5.74, 6) is -8.26. The van der Waals surface area contributed by atoms with Crippen molar-refractivity contribution >= 4 is 35.8 Å². The molecule has 0 bridgehead atoms. The summed E-state index contributed by atoms with van der Waals surface area (Å²) in [7, 11) is 0.974. The van der Waals surface area contributed by atoms with Gasteiger partial charge in [-0.1, -0.05) is 0 Å². The van der Waals surface area contributed by atoms with E-state index in [0.29, 0.717) is 0 Å². The molecule has 5 N–H and O–H groups in total. The molecule has 0 aromatic heterocycles. The molecule has 2 aliphatic rings. The van der Waals surface area contributed by atoms with Crippen molar-refractivity contribution in [3.05, 3.63) is 0 Å². The molecule has 2 fully saturated rings. The first-order valence-electron chi connectivity index (χ1n) is 6.90. The first-order valence-corrected chi connectivity index (χ1v) is 6.90. The number of hydrogen-bond donors (Lipinski definition) is 5. The molecule has 27 heavy (non-hydrogen) atoms. The first kappa shape index (κ1) is 21.8. The number of aliphatic hydroxyl groups is 2. The number of aliphatic carboxylic acids is 3. The summed E-state index contributed by atoms with van der Waals surface area (Å²) >= 11 is 0. The fourth-order valence-electron chi connectivity index (χ4n) is 2.22. The summed E-state index contributed by atoms with van der Waals surface area (Å²) in [6, 6.07) is 0. The Morgan fingerprint density at radius 2 is 1.26 bits per heavy atom. The van der Waals surface area contributed by atoms with Gasteiger partial charge in [0.05, 0.1) is 20.0 Å². The normalized spacial score (nSPS) is 31.8. The number of methoxy groups -OCH3 is 1. The molecule has 14 nitrogen and oxygen atoms in total. The number of carboxylic acid groups (broad SMARTS) is 3. The minimum absolute atomic E-state index is 0.712. The molecule has 0 spiro atoms. The maximum absolute atomic E-state index is 11.0. The van der Waals surface area contributed by atoms with E-state index in [0.717, 1.165) is 7.11 Å². The number of ether oxygens (including phenoxy) is 3. The third kappa shape index (κ3) is 4.12. The van der Waals surface area contributed by atoms with Crippen molar-refractivity contribution in [1.82, 2.24) is 0 Å². The van der Waals surface area contributed by atoms with Crippen molar-refractivity contribution in [1.29, 1.82) is 0 Å². The van der Waals surface area contributed by atoms with Crippen molar-refractivity contribution in [2.24, 2.45) is 0 Å². The summed E-state index contributed by atoms with van der Waals surface area (Å²) in [6.45, 7) is 0. The van der Waals surface area contributed by atoms with Crippen LogP contribution in [0.25, 0.3) is 0 Å². The molecule has 0 aromatic rings. The van der Waals surface area contributed by atoms with Crippen LogP contribution in [-0.4, -0.2) is 91.9 Å². The lowest BCUT2D eigenvalue weighted by molar-refractivity contribution is -0.178. The third-order valence-corrected chi connectivity index (χ3v) is 3.55. The highest BCUT2D eigenvalue weighted by Crippen LogP contribution is 2.28. The zero-order valence-corrected chi connectivity index (χ0v) is 13.5. The molecule has 0 aliphatic carbocycles. The van der Waals surface area contributed by atoms with E-state index in [4.69, 9.17) is 15.3 Å². The van der Waals surface area contributed by atoms with E-state index in [-0.39, 0.29) is 0 Å². The first-order chi connectivity index (χ1) is 12.3. The molecule has 0 amide bonds. The summed E-state index contributed by atoms with van der Waals surface area (Å²) < 4.78 is 12.6. The van der Waals surface area contributed by atoms with Crippen molar-refractivity contribution in [2.75, 3.05) is 7.11 Å². The average molecular weight is 394 g/mol. The highest BCUT2D eigenvalue weighted by Gasteiger charge is 2.59. The zero-order valence-electron chi connectivity index (χ0n) is 13.5. The van der Waals surface area contributed by atoms with Gasteiger partial charge in [-0.25, -0.2) is 19.2 Å². The highest BCUT2D eigenvalue weighted by molar-refractivity contribution is 5.97. The van der Waals surface area contributed by atoms with Crippen LogP contribution in [0, 0.1) is 0 Å². The molecule has 14 heteroatoms. The molecule has 2 aliphatic heterocycles. The topological polar surface area (TPSA) is 231 Å². The van der Waals surface area contributed by atoms with E-state index in [1.165, 1.54) is 0 Å². The minimum atomic E-state index is -2.65. The van der Waals surface area contributed by atoms with E-state index in [9.17, 15) is 39.0 Å². The van der Waals surface area contributed by atoms with E-state index >= 15 is 0 Å². The van der Waals surface area contributed by atoms with Crippen LogP contribution in [0.3, 0.4) is 0 Å². The quantitative estimate of drug-likeness (QED) is 0.230. The summed E-state index contributed by atoms with van der Waals surface area (Å²) in [5, 5.41) is 44.2. The van der Waals surface area contributed by atoms with Crippen LogP contribution in [0.2, 0.25) is 0 Å². The Bertz CT molecular complexity index is 697. The number of esters is 3. The Balaban J connectivity index is 0.000000271. The summed E-state index contributed by atoms with van der Waals surface area (Å²) in [6.07, 6.45) is -5.49. The molecule has 2 heterocycles. The summed E-state index contributed by atoms with van der Waals surface area (Å²) in [5.41, 5.74) is -5.07. The molecule has 0 aromatic carbocycles. The van der Waals surface area contributed by atoms with Gasteiger partial charge in [0.15, 0.2) is 0 Å². The molecular formula is C13H14O14. The van der Waals surface area contributed by atoms with Crippen LogP contribution in [0.4, 0.5) is 0 Å². The minimum Gasteiger partial charge on any atom is -0.479 e. The number of rotatable bonds is 4. The maximum Gasteiger partial charge on any atom is 0.348 e. The predicted octanol–water partition coefficient (Wildman–Crippen LogP) is -3.51.